The van der Waals surface area contributed by atoms with E-state index in [4.69, 9.17) is 9.47 Å². The number of Topliss-reactive ketones (excluding diaryl/α,β-unsaturated/α-hetero) is 2. The Bertz CT molecular complexity index is 1520. The Hall–Kier alpha value is -4.79. The molecule has 0 radical (unpaired) electrons. The molecule has 1 aliphatic heterocycles. The minimum Gasteiger partial charge on any atom is -0.453 e. The Balaban J connectivity index is 1.22. The summed E-state index contributed by atoms with van der Waals surface area (Å²) < 4.78 is 11.0. The number of nitrogens with one attached hydrogen (secondary N) is 3. The number of methoxy groups -OCH3 is 1. The lowest BCUT2D eigenvalue weighted by atomic mass is 9.81. The molecule has 5 rings (SSSR count). The Labute approximate surface area is 270 Å². The number of para-hydroxylation sites is 1. The number of hydrogen-bond donors (Lipinski definition) is 3. The Morgan fingerprint density at radius 3 is 2.00 bits per heavy atom. The van der Waals surface area contributed by atoms with Gasteiger partial charge in [-0.25, -0.2) is 4.79 Å². The van der Waals surface area contributed by atoms with Crippen LogP contribution in [0, 0.1) is 0 Å². The molecular weight excluding hydrogens is 578 g/mol. The number of morpholine rings is 1. The number of ether oxygens (including phenoxy) is 2. The molecule has 0 aromatic heterocycles. The van der Waals surface area contributed by atoms with E-state index in [0.29, 0.717) is 19.6 Å². The monoisotopic (exact) mass is 619 g/mol. The van der Waals surface area contributed by atoms with Gasteiger partial charge in [-0.05, 0) is 47.2 Å². The highest BCUT2D eigenvalue weighted by Gasteiger charge is 2.33. The van der Waals surface area contributed by atoms with Crippen LogP contribution in [-0.2, 0) is 31.9 Å². The highest BCUT2D eigenvalue weighted by atomic mass is 16.5. The molecule has 8 heteroatoms. The topological polar surface area (TPSA) is 106 Å². The molecule has 0 unspecified atom stereocenters. The van der Waals surface area contributed by atoms with Crippen molar-refractivity contribution in [2.24, 2.45) is 0 Å². The molecule has 4 aromatic carbocycles. The number of ketones is 2. The van der Waals surface area contributed by atoms with Gasteiger partial charge in [0.05, 0.1) is 32.4 Å². The third-order valence-electron chi connectivity index (χ3n) is 8.39. The SMILES string of the molecule is COC(=O)N[C@H](C(=O)Cc1ccccc1CC[C@@H]1CN[C@H](C(=O)CNc2ccccc2)CO1)C(c1ccccc1)c1ccccc1. The third-order valence-corrected chi connectivity index (χ3v) is 8.39. The van der Waals surface area contributed by atoms with Crippen molar-refractivity contribution in [3.05, 3.63) is 138 Å². The smallest absolute Gasteiger partial charge is 0.407 e. The zero-order chi connectivity index (χ0) is 32.1. The summed E-state index contributed by atoms with van der Waals surface area (Å²) >= 11 is 0. The summed E-state index contributed by atoms with van der Waals surface area (Å²) in [6.45, 7) is 1.13. The molecule has 1 aliphatic rings. The van der Waals surface area contributed by atoms with E-state index in [0.717, 1.165) is 34.4 Å². The number of carbonyl (C=O) groups excluding carboxylic acids is 3. The van der Waals surface area contributed by atoms with Crippen molar-refractivity contribution >= 4 is 23.3 Å². The maximum atomic E-state index is 14.1. The van der Waals surface area contributed by atoms with Gasteiger partial charge in [0.2, 0.25) is 0 Å². The molecule has 46 heavy (non-hydrogen) atoms. The van der Waals surface area contributed by atoms with Crippen LogP contribution in [0.3, 0.4) is 0 Å². The molecule has 1 fully saturated rings. The summed E-state index contributed by atoms with van der Waals surface area (Å²) in [7, 11) is 1.30. The molecule has 0 aliphatic carbocycles. The Morgan fingerprint density at radius 1 is 0.826 bits per heavy atom. The van der Waals surface area contributed by atoms with Crippen LogP contribution in [0.4, 0.5) is 10.5 Å². The average molecular weight is 620 g/mol. The second-order valence-electron chi connectivity index (χ2n) is 11.5. The van der Waals surface area contributed by atoms with Gasteiger partial charge in [-0.15, -0.1) is 0 Å². The Morgan fingerprint density at radius 2 is 1.41 bits per heavy atom. The quantitative estimate of drug-likeness (QED) is 0.175. The van der Waals surface area contributed by atoms with Crippen LogP contribution in [0.5, 0.6) is 0 Å². The normalized spacial score (nSPS) is 16.7. The first-order valence-corrected chi connectivity index (χ1v) is 15.7. The lowest BCUT2D eigenvalue weighted by molar-refractivity contribution is -0.124. The molecule has 3 N–H and O–H groups in total. The van der Waals surface area contributed by atoms with Gasteiger partial charge in [0.25, 0.3) is 0 Å². The fourth-order valence-electron chi connectivity index (χ4n) is 5.91. The van der Waals surface area contributed by atoms with E-state index in [-0.39, 0.29) is 36.7 Å². The molecule has 3 atom stereocenters. The summed E-state index contributed by atoms with van der Waals surface area (Å²) in [6, 6.07) is 35.8. The van der Waals surface area contributed by atoms with Crippen molar-refractivity contribution in [3.63, 3.8) is 0 Å². The van der Waals surface area contributed by atoms with Crippen molar-refractivity contribution in [1.29, 1.82) is 0 Å². The molecule has 0 spiro atoms. The van der Waals surface area contributed by atoms with Crippen molar-refractivity contribution in [1.82, 2.24) is 10.6 Å². The number of benzene rings is 4. The molecule has 1 heterocycles. The molecule has 8 nitrogen and oxygen atoms in total. The lowest BCUT2D eigenvalue weighted by Crippen LogP contribution is -2.51. The van der Waals surface area contributed by atoms with Gasteiger partial charge in [-0.1, -0.05) is 103 Å². The summed E-state index contributed by atoms with van der Waals surface area (Å²) in [5.74, 6) is -0.455. The summed E-state index contributed by atoms with van der Waals surface area (Å²) in [5.41, 5.74) is 4.72. The number of hydrogen-bond acceptors (Lipinski definition) is 7. The van der Waals surface area contributed by atoms with Crippen LogP contribution >= 0.6 is 0 Å². The first-order valence-electron chi connectivity index (χ1n) is 15.7. The largest absolute Gasteiger partial charge is 0.453 e. The van der Waals surface area contributed by atoms with E-state index in [1.807, 2.05) is 115 Å². The second-order valence-corrected chi connectivity index (χ2v) is 11.5. The first kappa shape index (κ1) is 32.6. The number of rotatable bonds is 14. The summed E-state index contributed by atoms with van der Waals surface area (Å²) in [5, 5.41) is 9.36. The maximum Gasteiger partial charge on any atom is 0.407 e. The Kier molecular flexibility index (Phi) is 11.7. The maximum absolute atomic E-state index is 14.1. The molecule has 4 aromatic rings. The van der Waals surface area contributed by atoms with Gasteiger partial charge in [-0.3, -0.25) is 9.59 Å². The average Bonchev–Trinajstić information content (AvgIpc) is 3.11. The standard InChI is InChI=1S/C38H41N3O5/c1-45-38(44)41-37(36(28-14-5-2-6-15-28)29-16-7-3-8-17-29)34(42)23-30-18-12-11-13-27(30)21-22-32-24-40-33(26-46-32)35(43)25-39-31-19-9-4-10-20-31/h2-20,32-33,36-37,39-40H,21-26H2,1H3,(H,41,44)/t32-,33+,37-/m1/s1. The minimum atomic E-state index is -0.845. The van der Waals surface area contributed by atoms with Crippen LogP contribution < -0.4 is 16.0 Å². The van der Waals surface area contributed by atoms with E-state index >= 15 is 0 Å². The van der Waals surface area contributed by atoms with E-state index < -0.39 is 18.1 Å². The number of anilines is 1. The molecule has 0 bridgehead atoms. The van der Waals surface area contributed by atoms with Crippen LogP contribution in [-0.4, -0.2) is 62.7 Å². The number of alkyl carbamates (subject to hydrolysis) is 1. The first-order chi connectivity index (χ1) is 22.5. The highest BCUT2D eigenvalue weighted by molar-refractivity contribution is 5.91. The fraction of sp³-hybridized carbons (Fsp3) is 0.289. The predicted molar refractivity (Wildman–Crippen MR) is 179 cm³/mol. The lowest BCUT2D eigenvalue weighted by Gasteiger charge is -2.30. The molecule has 0 saturated carbocycles. The number of aryl methyl sites for hydroxylation is 1. The van der Waals surface area contributed by atoms with E-state index in [1.54, 1.807) is 0 Å². The fourth-order valence-corrected chi connectivity index (χ4v) is 5.91. The molecule has 1 saturated heterocycles. The van der Waals surface area contributed by atoms with Gasteiger partial charge < -0.3 is 25.4 Å². The van der Waals surface area contributed by atoms with Crippen LogP contribution in [0.1, 0.15) is 34.6 Å². The minimum absolute atomic E-state index is 0.0517. The molecular formula is C38H41N3O5. The number of carbonyl (C=O) groups is 3. The van der Waals surface area contributed by atoms with Crippen molar-refractivity contribution in [3.8, 4) is 0 Å². The van der Waals surface area contributed by atoms with Crippen molar-refractivity contribution < 1.29 is 23.9 Å². The second kappa shape index (κ2) is 16.5. The van der Waals surface area contributed by atoms with E-state index in [1.165, 1.54) is 7.11 Å². The van der Waals surface area contributed by atoms with E-state index in [9.17, 15) is 14.4 Å². The molecule has 1 amide bonds. The van der Waals surface area contributed by atoms with Crippen molar-refractivity contribution in [2.45, 2.75) is 43.4 Å². The van der Waals surface area contributed by atoms with Crippen molar-refractivity contribution in [2.75, 3.05) is 32.1 Å². The van der Waals surface area contributed by atoms with Gasteiger partial charge in [0.15, 0.2) is 11.6 Å². The van der Waals surface area contributed by atoms with Gasteiger partial charge in [-0.2, -0.15) is 0 Å². The van der Waals surface area contributed by atoms with Gasteiger partial charge in [0, 0.05) is 24.6 Å². The zero-order valence-corrected chi connectivity index (χ0v) is 26.1. The van der Waals surface area contributed by atoms with Crippen LogP contribution in [0.15, 0.2) is 115 Å². The highest BCUT2D eigenvalue weighted by Crippen LogP contribution is 2.30. The number of amides is 1. The zero-order valence-electron chi connectivity index (χ0n) is 26.1. The summed E-state index contributed by atoms with van der Waals surface area (Å²) in [6.07, 6.45) is 0.889. The van der Waals surface area contributed by atoms with Crippen LogP contribution in [0.2, 0.25) is 0 Å². The van der Waals surface area contributed by atoms with E-state index in [2.05, 4.69) is 16.0 Å². The van der Waals surface area contributed by atoms with Gasteiger partial charge >= 0.3 is 6.09 Å². The van der Waals surface area contributed by atoms with Gasteiger partial charge in [0.1, 0.15) is 6.04 Å². The van der Waals surface area contributed by atoms with Crippen LogP contribution in [0.25, 0.3) is 0 Å². The summed E-state index contributed by atoms with van der Waals surface area (Å²) in [4.78, 5) is 39.3. The predicted octanol–water partition coefficient (Wildman–Crippen LogP) is 5.33. The molecule has 238 valence electrons. The third kappa shape index (κ3) is 8.90.